The van der Waals surface area contributed by atoms with Gasteiger partial charge in [-0.15, -0.1) is 0 Å². The summed E-state index contributed by atoms with van der Waals surface area (Å²) < 4.78 is 27.0. The first-order valence-corrected chi connectivity index (χ1v) is 6.49. The second kappa shape index (κ2) is 4.65. The lowest BCUT2D eigenvalue weighted by Crippen LogP contribution is -2.43. The largest absolute Gasteiger partial charge is 0.466 e. The number of carbonyl (C=O) groups excluding carboxylic acids is 1. The van der Waals surface area contributed by atoms with Gasteiger partial charge in [0.15, 0.2) is 9.84 Å². The van der Waals surface area contributed by atoms with E-state index in [0.29, 0.717) is 6.54 Å². The molecule has 6 heteroatoms. The topological polar surface area (TPSA) is 63.7 Å². The molecule has 1 heterocycles. The van der Waals surface area contributed by atoms with Crippen molar-refractivity contribution < 1.29 is 17.9 Å². The minimum absolute atomic E-state index is 0.0929. The van der Waals surface area contributed by atoms with Crippen LogP contribution in [0.25, 0.3) is 0 Å². The Kier molecular flexibility index (Phi) is 3.73. The number of hydrogen-bond donors (Lipinski definition) is 0. The molecular formula is C9H15NO4S. The zero-order valence-corrected chi connectivity index (χ0v) is 9.66. The van der Waals surface area contributed by atoms with Crippen molar-refractivity contribution in [2.24, 2.45) is 0 Å². The Hall–Kier alpha value is -1.04. The first-order valence-electron chi connectivity index (χ1n) is 4.67. The molecular weight excluding hydrogens is 218 g/mol. The van der Waals surface area contributed by atoms with Crippen LogP contribution in [0, 0.1) is 0 Å². The fourth-order valence-corrected chi connectivity index (χ4v) is 3.04. The maximum absolute atomic E-state index is 11.3. The second-order valence-corrected chi connectivity index (χ2v) is 5.77. The van der Waals surface area contributed by atoms with E-state index in [1.807, 2.05) is 11.8 Å². The van der Waals surface area contributed by atoms with Crippen molar-refractivity contribution in [2.45, 2.75) is 13.0 Å². The van der Waals surface area contributed by atoms with E-state index >= 15 is 0 Å². The minimum Gasteiger partial charge on any atom is -0.466 e. The standard InChI is InChI=1S/C9H15NO4S/c1-8-7-15(12,13)6-5-10(8)4-3-9(11)14-2/h3-4,8H,5-7H2,1-2H3/b4-3+. The van der Waals surface area contributed by atoms with E-state index in [4.69, 9.17) is 0 Å². The summed E-state index contributed by atoms with van der Waals surface area (Å²) in [5.41, 5.74) is 0. The first-order chi connectivity index (χ1) is 6.94. The van der Waals surface area contributed by atoms with E-state index in [2.05, 4.69) is 4.74 Å². The van der Waals surface area contributed by atoms with E-state index < -0.39 is 15.8 Å². The van der Waals surface area contributed by atoms with E-state index in [1.165, 1.54) is 13.2 Å². The number of rotatable bonds is 2. The van der Waals surface area contributed by atoms with Gasteiger partial charge in [-0.2, -0.15) is 0 Å². The third-order valence-electron chi connectivity index (χ3n) is 2.33. The van der Waals surface area contributed by atoms with Gasteiger partial charge in [0.05, 0.1) is 18.6 Å². The van der Waals surface area contributed by atoms with Crippen molar-refractivity contribution in [1.29, 1.82) is 0 Å². The molecule has 0 amide bonds. The maximum atomic E-state index is 11.3. The molecule has 1 aliphatic rings. The molecule has 1 fully saturated rings. The number of methoxy groups -OCH3 is 1. The Labute approximate surface area is 89.6 Å². The second-order valence-electron chi connectivity index (χ2n) is 3.54. The van der Waals surface area contributed by atoms with E-state index in [9.17, 15) is 13.2 Å². The molecule has 0 spiro atoms. The summed E-state index contributed by atoms with van der Waals surface area (Å²) in [6, 6.07) is -0.0929. The number of hydrogen-bond acceptors (Lipinski definition) is 5. The zero-order valence-electron chi connectivity index (χ0n) is 8.84. The van der Waals surface area contributed by atoms with Gasteiger partial charge < -0.3 is 9.64 Å². The lowest BCUT2D eigenvalue weighted by Gasteiger charge is -2.31. The fourth-order valence-electron chi connectivity index (χ4n) is 1.46. The Morgan fingerprint density at radius 2 is 2.20 bits per heavy atom. The molecule has 1 aliphatic heterocycles. The predicted octanol–water partition coefficient (Wildman–Crippen LogP) is -0.208. The molecule has 0 bridgehead atoms. The highest BCUT2D eigenvalue weighted by Crippen LogP contribution is 2.11. The van der Waals surface area contributed by atoms with Crippen molar-refractivity contribution in [3.8, 4) is 0 Å². The average Bonchev–Trinajstić information content (AvgIpc) is 2.15. The van der Waals surface area contributed by atoms with Gasteiger partial charge >= 0.3 is 5.97 Å². The average molecular weight is 233 g/mol. The summed E-state index contributed by atoms with van der Waals surface area (Å²) in [6.45, 7) is 2.25. The SMILES string of the molecule is COC(=O)/C=C/N1CCS(=O)(=O)CC1C. The van der Waals surface area contributed by atoms with Crippen LogP contribution in [0.3, 0.4) is 0 Å². The molecule has 0 aromatic rings. The molecule has 0 aromatic heterocycles. The first kappa shape index (κ1) is 12.0. The van der Waals surface area contributed by atoms with Crippen molar-refractivity contribution in [2.75, 3.05) is 25.2 Å². The molecule has 1 saturated heterocycles. The van der Waals surface area contributed by atoms with Crippen molar-refractivity contribution in [3.63, 3.8) is 0 Å². The normalized spacial score (nSPS) is 25.5. The van der Waals surface area contributed by atoms with Gasteiger partial charge in [0, 0.05) is 24.9 Å². The van der Waals surface area contributed by atoms with Gasteiger partial charge in [-0.1, -0.05) is 0 Å². The number of esters is 1. The molecule has 86 valence electrons. The van der Waals surface area contributed by atoms with Crippen molar-refractivity contribution in [1.82, 2.24) is 4.90 Å². The van der Waals surface area contributed by atoms with Crippen LogP contribution in [0.15, 0.2) is 12.3 Å². The Morgan fingerprint density at radius 1 is 1.53 bits per heavy atom. The van der Waals surface area contributed by atoms with Crippen LogP contribution < -0.4 is 0 Å². The number of sulfone groups is 1. The molecule has 5 nitrogen and oxygen atoms in total. The molecule has 0 aromatic carbocycles. The Morgan fingerprint density at radius 3 is 2.73 bits per heavy atom. The maximum Gasteiger partial charge on any atom is 0.331 e. The van der Waals surface area contributed by atoms with Gasteiger partial charge in [0.2, 0.25) is 0 Å². The lowest BCUT2D eigenvalue weighted by atomic mass is 10.3. The summed E-state index contributed by atoms with van der Waals surface area (Å²) in [7, 11) is -1.60. The summed E-state index contributed by atoms with van der Waals surface area (Å²) >= 11 is 0. The zero-order chi connectivity index (χ0) is 11.5. The molecule has 1 unspecified atom stereocenters. The Bertz CT molecular complexity index is 360. The summed E-state index contributed by atoms with van der Waals surface area (Å²) in [4.78, 5) is 12.7. The van der Waals surface area contributed by atoms with Crippen LogP contribution in [0.4, 0.5) is 0 Å². The number of nitrogens with zero attached hydrogens (tertiary/aromatic N) is 1. The highest BCUT2D eigenvalue weighted by atomic mass is 32.2. The summed E-state index contributed by atoms with van der Waals surface area (Å²) in [5, 5.41) is 0. The quantitative estimate of drug-likeness (QED) is 0.488. The molecule has 15 heavy (non-hydrogen) atoms. The third kappa shape index (κ3) is 3.54. The van der Waals surface area contributed by atoms with Gasteiger partial charge in [-0.25, -0.2) is 13.2 Å². The van der Waals surface area contributed by atoms with Crippen LogP contribution in [-0.2, 0) is 19.4 Å². The third-order valence-corrected chi connectivity index (χ3v) is 4.12. The molecule has 0 saturated carbocycles. The highest BCUT2D eigenvalue weighted by molar-refractivity contribution is 7.91. The Balaban J connectivity index is 2.59. The molecule has 1 atom stereocenters. The number of carbonyl (C=O) groups is 1. The summed E-state index contributed by atoms with van der Waals surface area (Å²) in [5.74, 6) is -0.155. The smallest absolute Gasteiger partial charge is 0.331 e. The minimum atomic E-state index is -2.90. The van der Waals surface area contributed by atoms with Crippen LogP contribution in [-0.4, -0.2) is 50.5 Å². The number of ether oxygens (including phenoxy) is 1. The van der Waals surface area contributed by atoms with Gasteiger partial charge in [-0.3, -0.25) is 0 Å². The summed E-state index contributed by atoms with van der Waals surface area (Å²) in [6.07, 6.45) is 2.89. The lowest BCUT2D eigenvalue weighted by molar-refractivity contribution is -0.134. The predicted molar refractivity (Wildman–Crippen MR) is 56.0 cm³/mol. The van der Waals surface area contributed by atoms with Crippen LogP contribution >= 0.6 is 0 Å². The van der Waals surface area contributed by atoms with Crippen LogP contribution in [0.2, 0.25) is 0 Å². The van der Waals surface area contributed by atoms with Crippen LogP contribution in [0.1, 0.15) is 6.92 Å². The van der Waals surface area contributed by atoms with Crippen LogP contribution in [0.5, 0.6) is 0 Å². The van der Waals surface area contributed by atoms with E-state index in [-0.39, 0.29) is 17.5 Å². The molecule has 0 radical (unpaired) electrons. The van der Waals surface area contributed by atoms with Gasteiger partial charge in [-0.05, 0) is 6.92 Å². The van der Waals surface area contributed by atoms with Gasteiger partial charge in [0.25, 0.3) is 0 Å². The van der Waals surface area contributed by atoms with E-state index in [0.717, 1.165) is 0 Å². The molecule has 0 aliphatic carbocycles. The monoisotopic (exact) mass is 233 g/mol. The fraction of sp³-hybridized carbons (Fsp3) is 0.667. The molecule has 1 rings (SSSR count). The van der Waals surface area contributed by atoms with Gasteiger partial charge in [0.1, 0.15) is 0 Å². The van der Waals surface area contributed by atoms with Crippen molar-refractivity contribution >= 4 is 15.8 Å². The van der Waals surface area contributed by atoms with Crippen molar-refractivity contribution in [3.05, 3.63) is 12.3 Å². The highest BCUT2D eigenvalue weighted by Gasteiger charge is 2.25. The molecule has 0 N–H and O–H groups in total. The van der Waals surface area contributed by atoms with E-state index in [1.54, 1.807) is 6.20 Å².